The normalized spacial score (nSPS) is 11.5. The highest BCUT2D eigenvalue weighted by Gasteiger charge is 2.26. The van der Waals surface area contributed by atoms with Gasteiger partial charge in [0.05, 0.1) is 22.4 Å². The van der Waals surface area contributed by atoms with Crippen LogP contribution in [0.15, 0.2) is 247 Å². The van der Waals surface area contributed by atoms with Gasteiger partial charge >= 0.3 is 0 Å². The highest BCUT2D eigenvalue weighted by Crippen LogP contribution is 2.51. The Balaban J connectivity index is 1.16. The van der Waals surface area contributed by atoms with Gasteiger partial charge in [0.2, 0.25) is 0 Å². The van der Waals surface area contributed by atoms with Crippen LogP contribution < -0.4 is 4.90 Å². The zero-order valence-electron chi connectivity index (χ0n) is 34.4. The number of para-hydroxylation sites is 4. The van der Waals surface area contributed by atoms with E-state index in [1.807, 2.05) is 12.1 Å². The van der Waals surface area contributed by atoms with E-state index < -0.39 is 0 Å². The summed E-state index contributed by atoms with van der Waals surface area (Å²) in [6.07, 6.45) is 0. The van der Waals surface area contributed by atoms with Gasteiger partial charge in [0.15, 0.2) is 0 Å². The lowest BCUT2D eigenvalue weighted by Crippen LogP contribution is -2.12. The first-order chi connectivity index (χ1) is 31.3. The average Bonchev–Trinajstić information content (AvgIpc) is 3.92. The Kier molecular flexibility index (Phi) is 8.83. The SMILES string of the molecule is c1ccc(-c2ccccc2-c2c(-c3ccccc3)cccc2N(c2ccc(-c3cccc4c3oc3ccccc34)cc2)c2cccc3c2c2ccccc2n3-c2ccccc2)cc1. The van der Waals surface area contributed by atoms with Crippen LogP contribution in [0.1, 0.15) is 0 Å². The molecular formula is C60H40N2O. The lowest BCUT2D eigenvalue weighted by Gasteiger charge is -2.30. The standard InChI is InChI=1S/C60H40N2O/c1-4-19-41(20-5-1)46-25-10-11-27-50(46)58-47(42-21-6-2-7-22-42)29-17-33-54(58)62(45-39-37-43(38-40-45)48-30-16-31-51-49-26-13-15-36-57(49)63-60(48)51)56-35-18-34-55-59(56)52-28-12-14-32-53(52)61(55)44-23-8-3-9-24-44/h1-40H. The number of aromatic nitrogens is 1. The highest BCUT2D eigenvalue weighted by atomic mass is 16.3. The topological polar surface area (TPSA) is 21.3 Å². The highest BCUT2D eigenvalue weighted by molar-refractivity contribution is 6.17. The van der Waals surface area contributed by atoms with Crippen LogP contribution in [0, 0.1) is 0 Å². The second-order valence-electron chi connectivity index (χ2n) is 16.0. The Morgan fingerprint density at radius 1 is 0.333 bits per heavy atom. The van der Waals surface area contributed by atoms with Gasteiger partial charge in [0.25, 0.3) is 0 Å². The molecule has 0 spiro atoms. The predicted molar refractivity (Wildman–Crippen MR) is 264 cm³/mol. The van der Waals surface area contributed by atoms with Crippen LogP contribution in [-0.4, -0.2) is 4.57 Å². The van der Waals surface area contributed by atoms with Crippen molar-refractivity contribution in [3.05, 3.63) is 243 Å². The number of benzene rings is 10. The zero-order valence-corrected chi connectivity index (χ0v) is 34.4. The maximum atomic E-state index is 6.54. The van der Waals surface area contributed by atoms with Gasteiger partial charge in [0.1, 0.15) is 11.2 Å². The van der Waals surface area contributed by atoms with Crippen LogP contribution in [0.25, 0.3) is 93.9 Å². The second-order valence-corrected chi connectivity index (χ2v) is 16.0. The fourth-order valence-electron chi connectivity index (χ4n) is 9.65. The third-order valence-electron chi connectivity index (χ3n) is 12.4. The van der Waals surface area contributed by atoms with E-state index in [9.17, 15) is 0 Å². The van der Waals surface area contributed by atoms with Gasteiger partial charge < -0.3 is 13.9 Å². The summed E-state index contributed by atoms with van der Waals surface area (Å²) in [5.74, 6) is 0. The van der Waals surface area contributed by atoms with Crippen LogP contribution in [0.4, 0.5) is 17.1 Å². The number of furan rings is 1. The summed E-state index contributed by atoms with van der Waals surface area (Å²) in [5.41, 5.74) is 17.6. The van der Waals surface area contributed by atoms with Crippen molar-refractivity contribution >= 4 is 60.8 Å². The summed E-state index contributed by atoms with van der Waals surface area (Å²) in [6.45, 7) is 0. The first kappa shape index (κ1) is 36.5. The molecular weight excluding hydrogens is 765 g/mol. The minimum Gasteiger partial charge on any atom is -0.455 e. The van der Waals surface area contributed by atoms with Crippen LogP contribution in [-0.2, 0) is 0 Å². The predicted octanol–water partition coefficient (Wildman–Crippen LogP) is 16.8. The van der Waals surface area contributed by atoms with Crippen LogP contribution >= 0.6 is 0 Å². The van der Waals surface area contributed by atoms with Crippen molar-refractivity contribution in [1.82, 2.24) is 4.57 Å². The van der Waals surface area contributed by atoms with Crippen LogP contribution in [0.2, 0.25) is 0 Å². The number of rotatable bonds is 8. The molecule has 0 aliphatic heterocycles. The Morgan fingerprint density at radius 3 is 1.63 bits per heavy atom. The molecule has 0 aliphatic carbocycles. The van der Waals surface area contributed by atoms with E-state index >= 15 is 0 Å². The molecule has 0 aliphatic rings. The molecule has 2 heterocycles. The number of hydrogen-bond acceptors (Lipinski definition) is 2. The largest absolute Gasteiger partial charge is 0.455 e. The number of hydrogen-bond donors (Lipinski definition) is 0. The van der Waals surface area contributed by atoms with E-state index in [0.717, 1.165) is 89.1 Å². The molecule has 0 saturated heterocycles. The van der Waals surface area contributed by atoms with Gasteiger partial charge in [-0.1, -0.05) is 188 Å². The molecule has 0 bridgehead atoms. The van der Waals surface area contributed by atoms with Crippen molar-refractivity contribution in [2.24, 2.45) is 0 Å². The number of nitrogens with zero attached hydrogens (tertiary/aromatic N) is 2. The monoisotopic (exact) mass is 804 g/mol. The smallest absolute Gasteiger partial charge is 0.143 e. The zero-order chi connectivity index (χ0) is 41.7. The molecule has 2 aromatic heterocycles. The fourth-order valence-corrected chi connectivity index (χ4v) is 9.65. The first-order valence-electron chi connectivity index (χ1n) is 21.5. The molecule has 12 rings (SSSR count). The van der Waals surface area contributed by atoms with E-state index in [1.165, 1.54) is 21.9 Å². The van der Waals surface area contributed by atoms with Crippen molar-refractivity contribution in [3.8, 4) is 50.2 Å². The summed E-state index contributed by atoms with van der Waals surface area (Å²) < 4.78 is 8.94. The van der Waals surface area contributed by atoms with Gasteiger partial charge in [-0.3, -0.25) is 0 Å². The summed E-state index contributed by atoms with van der Waals surface area (Å²) in [6, 6.07) is 87.2. The van der Waals surface area contributed by atoms with Gasteiger partial charge in [-0.05, 0) is 88.0 Å². The van der Waals surface area contributed by atoms with Crippen molar-refractivity contribution < 1.29 is 4.42 Å². The maximum Gasteiger partial charge on any atom is 0.143 e. The summed E-state index contributed by atoms with van der Waals surface area (Å²) in [4.78, 5) is 2.49. The number of fused-ring (bicyclic) bond motifs is 6. The first-order valence-corrected chi connectivity index (χ1v) is 21.5. The quantitative estimate of drug-likeness (QED) is 0.153. The minimum atomic E-state index is 0.895. The lowest BCUT2D eigenvalue weighted by atomic mass is 9.87. The van der Waals surface area contributed by atoms with E-state index in [-0.39, 0.29) is 0 Å². The van der Waals surface area contributed by atoms with Crippen LogP contribution in [0.5, 0.6) is 0 Å². The molecule has 0 amide bonds. The van der Waals surface area contributed by atoms with E-state index in [1.54, 1.807) is 0 Å². The molecule has 0 atom stereocenters. The lowest BCUT2D eigenvalue weighted by molar-refractivity contribution is 0.670. The molecule has 10 aromatic carbocycles. The Hall–Kier alpha value is -8.40. The summed E-state index contributed by atoms with van der Waals surface area (Å²) >= 11 is 0. The molecule has 12 aromatic rings. The van der Waals surface area contributed by atoms with Gasteiger partial charge in [0, 0.05) is 44.0 Å². The number of anilines is 3. The molecule has 3 heteroatoms. The van der Waals surface area contributed by atoms with E-state index in [0.29, 0.717) is 0 Å². The molecule has 63 heavy (non-hydrogen) atoms. The fraction of sp³-hybridized carbons (Fsp3) is 0. The van der Waals surface area contributed by atoms with Gasteiger partial charge in [-0.15, -0.1) is 0 Å². The molecule has 0 radical (unpaired) electrons. The van der Waals surface area contributed by atoms with Gasteiger partial charge in [-0.25, -0.2) is 0 Å². The molecule has 0 N–H and O–H groups in total. The average molecular weight is 805 g/mol. The van der Waals surface area contributed by atoms with Crippen molar-refractivity contribution in [2.75, 3.05) is 4.90 Å². The van der Waals surface area contributed by atoms with Crippen molar-refractivity contribution in [1.29, 1.82) is 0 Å². The molecule has 0 fully saturated rings. The Labute approximate surface area is 366 Å². The summed E-state index contributed by atoms with van der Waals surface area (Å²) in [7, 11) is 0. The van der Waals surface area contributed by atoms with E-state index in [2.05, 4.69) is 240 Å². The van der Waals surface area contributed by atoms with E-state index in [4.69, 9.17) is 4.42 Å². The second kappa shape index (κ2) is 15.3. The third kappa shape index (κ3) is 6.13. The summed E-state index contributed by atoms with van der Waals surface area (Å²) in [5, 5.41) is 4.62. The Morgan fingerprint density at radius 2 is 0.857 bits per heavy atom. The molecule has 3 nitrogen and oxygen atoms in total. The van der Waals surface area contributed by atoms with Crippen LogP contribution in [0.3, 0.4) is 0 Å². The van der Waals surface area contributed by atoms with Crippen molar-refractivity contribution in [2.45, 2.75) is 0 Å². The van der Waals surface area contributed by atoms with Gasteiger partial charge in [-0.2, -0.15) is 0 Å². The molecule has 296 valence electrons. The Bertz CT molecular complexity index is 3600. The minimum absolute atomic E-state index is 0.895. The molecule has 0 unspecified atom stereocenters. The third-order valence-corrected chi connectivity index (χ3v) is 12.4. The van der Waals surface area contributed by atoms with Crippen molar-refractivity contribution in [3.63, 3.8) is 0 Å². The molecule has 0 saturated carbocycles. The maximum absolute atomic E-state index is 6.54.